The zero-order valence-electron chi connectivity index (χ0n) is 9.11. The van der Waals surface area contributed by atoms with Gasteiger partial charge in [0, 0.05) is 19.8 Å². The third kappa shape index (κ3) is 2.51. The van der Waals surface area contributed by atoms with Gasteiger partial charge in [0.15, 0.2) is 17.5 Å². The molecule has 1 atom stereocenters. The van der Waals surface area contributed by atoms with Crippen molar-refractivity contribution in [2.45, 2.75) is 11.8 Å². The van der Waals surface area contributed by atoms with Gasteiger partial charge in [-0.2, -0.15) is 0 Å². The number of alkyl halides is 1. The molecule has 1 unspecified atom stereocenters. The van der Waals surface area contributed by atoms with Gasteiger partial charge in [-0.25, -0.2) is 13.2 Å². The van der Waals surface area contributed by atoms with Crippen LogP contribution in [0.1, 0.15) is 20.1 Å². The van der Waals surface area contributed by atoms with Crippen LogP contribution in [0.15, 0.2) is 22.7 Å². The summed E-state index contributed by atoms with van der Waals surface area (Å²) in [5, 5.41) is 0. The van der Waals surface area contributed by atoms with E-state index in [0.717, 1.165) is 20.3 Å². The first-order valence-electron chi connectivity index (χ1n) is 4.95. The van der Waals surface area contributed by atoms with Crippen LogP contribution in [-0.4, -0.2) is 0 Å². The highest BCUT2D eigenvalue weighted by molar-refractivity contribution is 9.11. The molecule has 0 nitrogen and oxygen atoms in total. The lowest BCUT2D eigenvalue weighted by atomic mass is 10.1. The van der Waals surface area contributed by atoms with E-state index in [1.54, 1.807) is 0 Å². The molecule has 0 bridgehead atoms. The summed E-state index contributed by atoms with van der Waals surface area (Å²) < 4.78 is 40.6. The second-order valence-corrected chi connectivity index (χ2v) is 6.75. The van der Waals surface area contributed by atoms with Gasteiger partial charge >= 0.3 is 0 Å². The molecular formula is C12H7Br2F3S. The maximum Gasteiger partial charge on any atom is 0.194 e. The molecule has 1 aromatic heterocycles. The zero-order chi connectivity index (χ0) is 13.4. The van der Waals surface area contributed by atoms with Crippen molar-refractivity contribution in [3.05, 3.63) is 55.4 Å². The molecule has 1 heterocycles. The van der Waals surface area contributed by atoms with E-state index < -0.39 is 22.3 Å². The Morgan fingerprint density at radius 1 is 1.17 bits per heavy atom. The van der Waals surface area contributed by atoms with Gasteiger partial charge in [0.25, 0.3) is 0 Å². The van der Waals surface area contributed by atoms with Crippen LogP contribution in [0, 0.1) is 24.4 Å². The maximum absolute atomic E-state index is 13.7. The highest BCUT2D eigenvalue weighted by atomic mass is 79.9. The fourth-order valence-electron chi connectivity index (χ4n) is 1.55. The van der Waals surface area contributed by atoms with Crippen LogP contribution in [0.4, 0.5) is 13.2 Å². The van der Waals surface area contributed by atoms with E-state index >= 15 is 0 Å². The molecule has 0 aliphatic carbocycles. The van der Waals surface area contributed by atoms with E-state index in [-0.39, 0.29) is 5.56 Å². The molecule has 0 N–H and O–H groups in total. The number of hydrogen-bond donors (Lipinski definition) is 0. The molecule has 0 saturated carbocycles. The molecule has 0 radical (unpaired) electrons. The molecule has 2 aromatic rings. The third-order valence-electron chi connectivity index (χ3n) is 2.40. The van der Waals surface area contributed by atoms with Gasteiger partial charge in [0.1, 0.15) is 0 Å². The van der Waals surface area contributed by atoms with Crippen molar-refractivity contribution in [3.63, 3.8) is 0 Å². The first kappa shape index (κ1) is 14.1. The predicted octanol–water partition coefficient (Wildman–Crippen LogP) is 5.72. The van der Waals surface area contributed by atoms with Crippen LogP contribution < -0.4 is 0 Å². The second kappa shape index (κ2) is 5.35. The van der Waals surface area contributed by atoms with Crippen LogP contribution in [-0.2, 0) is 0 Å². The Kier molecular flexibility index (Phi) is 4.18. The van der Waals surface area contributed by atoms with Crippen molar-refractivity contribution in [1.82, 2.24) is 0 Å². The van der Waals surface area contributed by atoms with Gasteiger partial charge in [0.2, 0.25) is 0 Å². The van der Waals surface area contributed by atoms with E-state index in [9.17, 15) is 13.2 Å². The lowest BCUT2D eigenvalue weighted by Crippen LogP contribution is -2.00. The summed E-state index contributed by atoms with van der Waals surface area (Å²) in [7, 11) is 0. The van der Waals surface area contributed by atoms with Crippen molar-refractivity contribution in [2.24, 2.45) is 0 Å². The molecule has 1 aromatic carbocycles. The summed E-state index contributed by atoms with van der Waals surface area (Å²) in [5.74, 6) is -3.78. The smallest absolute Gasteiger partial charge is 0.194 e. The summed E-state index contributed by atoms with van der Waals surface area (Å²) in [6.07, 6.45) is 0. The Balaban J connectivity index is 2.49. The van der Waals surface area contributed by atoms with Gasteiger partial charge in [-0.1, -0.05) is 22.0 Å². The number of hydrogen-bond acceptors (Lipinski definition) is 1. The van der Waals surface area contributed by atoms with Crippen molar-refractivity contribution in [3.8, 4) is 0 Å². The lowest BCUT2D eigenvalue weighted by molar-refractivity contribution is 0.442. The van der Waals surface area contributed by atoms with Crippen LogP contribution in [0.25, 0.3) is 0 Å². The molecule has 0 amide bonds. The summed E-state index contributed by atoms with van der Waals surface area (Å²) in [4.78, 5) is 1.35. The minimum Gasteiger partial charge on any atom is -0.204 e. The van der Waals surface area contributed by atoms with Gasteiger partial charge in [-0.3, -0.25) is 0 Å². The quantitative estimate of drug-likeness (QED) is 0.447. The fourth-order valence-corrected chi connectivity index (χ4v) is 4.62. The van der Waals surface area contributed by atoms with E-state index in [4.69, 9.17) is 0 Å². The Bertz CT molecular complexity index is 595. The highest BCUT2D eigenvalue weighted by Crippen LogP contribution is 2.41. The van der Waals surface area contributed by atoms with E-state index in [0.29, 0.717) is 0 Å². The molecule has 0 saturated heterocycles. The van der Waals surface area contributed by atoms with E-state index in [2.05, 4.69) is 31.9 Å². The number of rotatable bonds is 2. The molecule has 18 heavy (non-hydrogen) atoms. The molecule has 6 heteroatoms. The first-order chi connectivity index (χ1) is 8.41. The zero-order valence-corrected chi connectivity index (χ0v) is 13.1. The standard InChI is InChI=1S/C12H7Br2F3S/c1-5-4-7(13)12(18-5)9(14)6-2-3-8(15)11(17)10(6)16/h2-4,9H,1H3. The SMILES string of the molecule is Cc1cc(Br)c(C(Br)c2ccc(F)c(F)c2F)s1. The predicted molar refractivity (Wildman–Crippen MR) is 73.8 cm³/mol. The molecule has 0 spiro atoms. The molecule has 0 aliphatic rings. The average molecular weight is 400 g/mol. The van der Waals surface area contributed by atoms with E-state index in [1.807, 2.05) is 13.0 Å². The number of aryl methyl sites for hydroxylation is 1. The Hall–Kier alpha value is -0.330. The van der Waals surface area contributed by atoms with Gasteiger partial charge in [0.05, 0.1) is 4.83 Å². The van der Waals surface area contributed by atoms with E-state index in [1.165, 1.54) is 17.4 Å². The van der Waals surface area contributed by atoms with Crippen LogP contribution in [0.3, 0.4) is 0 Å². The number of benzene rings is 1. The van der Waals surface area contributed by atoms with Crippen molar-refractivity contribution < 1.29 is 13.2 Å². The monoisotopic (exact) mass is 398 g/mol. The molecule has 96 valence electrons. The Labute approximate surface area is 123 Å². The first-order valence-corrected chi connectivity index (χ1v) is 7.47. The maximum atomic E-state index is 13.7. The number of thiophene rings is 1. The van der Waals surface area contributed by atoms with Gasteiger partial charge in [-0.05, 0) is 35.0 Å². The van der Waals surface area contributed by atoms with Crippen LogP contribution >= 0.6 is 43.2 Å². The van der Waals surface area contributed by atoms with Crippen molar-refractivity contribution in [1.29, 1.82) is 0 Å². The Morgan fingerprint density at radius 2 is 1.83 bits per heavy atom. The molecule has 2 rings (SSSR count). The summed E-state index contributed by atoms with van der Waals surface area (Å²) >= 11 is 8.14. The van der Waals surface area contributed by atoms with Gasteiger partial charge in [-0.15, -0.1) is 11.3 Å². The lowest BCUT2D eigenvalue weighted by Gasteiger charge is -2.11. The summed E-state index contributed by atoms with van der Waals surface area (Å²) in [6.45, 7) is 1.92. The minimum atomic E-state index is -1.44. The van der Waals surface area contributed by atoms with Crippen LogP contribution in [0.5, 0.6) is 0 Å². The molecule has 0 fully saturated rings. The third-order valence-corrected chi connectivity index (χ3v) is 5.69. The Morgan fingerprint density at radius 3 is 2.39 bits per heavy atom. The topological polar surface area (TPSA) is 0 Å². The largest absolute Gasteiger partial charge is 0.204 e. The number of halogens is 5. The summed E-state index contributed by atoms with van der Waals surface area (Å²) in [6, 6.07) is 4.07. The van der Waals surface area contributed by atoms with Crippen molar-refractivity contribution >= 4 is 43.2 Å². The molecular weight excluding hydrogens is 393 g/mol. The van der Waals surface area contributed by atoms with Crippen LogP contribution in [0.2, 0.25) is 0 Å². The normalized spacial score (nSPS) is 12.8. The highest BCUT2D eigenvalue weighted by Gasteiger charge is 2.23. The van der Waals surface area contributed by atoms with Crippen molar-refractivity contribution in [2.75, 3.05) is 0 Å². The average Bonchev–Trinajstić information content (AvgIpc) is 2.65. The van der Waals surface area contributed by atoms with Gasteiger partial charge < -0.3 is 0 Å². The summed E-state index contributed by atoms with van der Waals surface area (Å²) in [5.41, 5.74) is 0.0800. The fraction of sp³-hybridized carbons (Fsp3) is 0.167. The molecule has 0 aliphatic heterocycles. The minimum absolute atomic E-state index is 0.0800. The second-order valence-electron chi connectivity index (χ2n) is 3.70.